The molecule has 9 nitrogen and oxygen atoms in total. The van der Waals surface area contributed by atoms with Gasteiger partial charge in [-0.3, -0.25) is 4.79 Å². The first-order chi connectivity index (χ1) is 16.0. The number of alkyl halides is 3. The summed E-state index contributed by atoms with van der Waals surface area (Å²) < 4.78 is 46.0. The molecule has 34 heavy (non-hydrogen) atoms. The van der Waals surface area contributed by atoms with Gasteiger partial charge >= 0.3 is 6.36 Å². The quantitative estimate of drug-likeness (QED) is 0.618. The second-order valence-corrected chi connectivity index (χ2v) is 8.99. The molecule has 1 atom stereocenters. The number of pyridine rings is 1. The van der Waals surface area contributed by atoms with Crippen molar-refractivity contribution >= 4 is 23.4 Å². The van der Waals surface area contributed by atoms with Gasteiger partial charge in [0.15, 0.2) is 5.82 Å². The standard InChI is InChI=1S/C22H27F3N6O3/c1-11(2)18-20(32)29-17-12(3)27-21(30-19(17)31(18)4)28-14-7-13(8-14)10-33-15-5-6-16(26-9-15)34-22(23,24)25/h5-6,9,11,13-14,18H,7-8,10H2,1-4H3,(H,29,32)(H,27,28,30)/t13?,14?,18-/m0/s1. The minimum atomic E-state index is -4.77. The Bertz CT molecular complexity index is 1040. The molecule has 0 unspecified atom stereocenters. The third-order valence-electron chi connectivity index (χ3n) is 5.95. The lowest BCUT2D eigenvalue weighted by atomic mass is 9.81. The number of aromatic nitrogens is 3. The molecule has 1 saturated carbocycles. The molecule has 0 aromatic carbocycles. The number of aryl methyl sites for hydroxylation is 1. The number of carbonyl (C=O) groups is 1. The summed E-state index contributed by atoms with van der Waals surface area (Å²) >= 11 is 0. The van der Waals surface area contributed by atoms with Crippen molar-refractivity contribution in [3.05, 3.63) is 24.0 Å². The number of hydrogen-bond acceptors (Lipinski definition) is 8. The number of fused-ring (bicyclic) bond motifs is 1. The average molecular weight is 480 g/mol. The molecule has 3 heterocycles. The molecular formula is C22H27F3N6O3. The highest BCUT2D eigenvalue weighted by Gasteiger charge is 2.36. The number of halogens is 3. The smallest absolute Gasteiger partial charge is 0.492 e. The average Bonchev–Trinajstić information content (AvgIpc) is 2.70. The van der Waals surface area contributed by atoms with Gasteiger partial charge in [0, 0.05) is 19.2 Å². The number of amides is 1. The molecule has 1 amide bonds. The van der Waals surface area contributed by atoms with Gasteiger partial charge < -0.3 is 25.0 Å². The van der Waals surface area contributed by atoms with E-state index in [9.17, 15) is 18.0 Å². The van der Waals surface area contributed by atoms with E-state index < -0.39 is 12.2 Å². The van der Waals surface area contributed by atoms with Crippen molar-refractivity contribution in [3.63, 3.8) is 0 Å². The largest absolute Gasteiger partial charge is 0.574 e. The number of nitrogens with one attached hydrogen (secondary N) is 2. The molecule has 2 aliphatic rings. The van der Waals surface area contributed by atoms with E-state index in [0.29, 0.717) is 35.5 Å². The third-order valence-corrected chi connectivity index (χ3v) is 5.95. The van der Waals surface area contributed by atoms with E-state index in [1.807, 2.05) is 32.7 Å². The van der Waals surface area contributed by atoms with Crippen LogP contribution in [-0.4, -0.2) is 53.0 Å². The Balaban J connectivity index is 1.29. The highest BCUT2D eigenvalue weighted by molar-refractivity contribution is 6.03. The number of carbonyl (C=O) groups excluding carboxylic acids is 1. The number of hydrogen-bond donors (Lipinski definition) is 2. The molecule has 0 spiro atoms. The third kappa shape index (κ3) is 5.26. The van der Waals surface area contributed by atoms with Crippen LogP contribution in [0.2, 0.25) is 0 Å². The van der Waals surface area contributed by atoms with Gasteiger partial charge in [0.25, 0.3) is 0 Å². The van der Waals surface area contributed by atoms with Crippen LogP contribution >= 0.6 is 0 Å². The predicted octanol–water partition coefficient (Wildman–Crippen LogP) is 3.76. The van der Waals surface area contributed by atoms with Gasteiger partial charge in [-0.05, 0) is 37.7 Å². The number of nitrogens with zero attached hydrogens (tertiary/aromatic N) is 4. The lowest BCUT2D eigenvalue weighted by Gasteiger charge is -2.38. The Morgan fingerprint density at radius 2 is 2.00 bits per heavy atom. The maximum atomic E-state index is 12.5. The second-order valence-electron chi connectivity index (χ2n) is 8.99. The van der Waals surface area contributed by atoms with Crippen LogP contribution in [0.15, 0.2) is 18.3 Å². The monoisotopic (exact) mass is 480 g/mol. The van der Waals surface area contributed by atoms with E-state index in [-0.39, 0.29) is 29.8 Å². The van der Waals surface area contributed by atoms with Crippen molar-refractivity contribution in [1.29, 1.82) is 0 Å². The van der Waals surface area contributed by atoms with Crippen LogP contribution in [0.25, 0.3) is 0 Å². The number of likely N-dealkylation sites (N-methyl/N-ethyl adjacent to an activating group) is 1. The van der Waals surface area contributed by atoms with Crippen molar-refractivity contribution in [2.75, 3.05) is 29.2 Å². The van der Waals surface area contributed by atoms with Crippen molar-refractivity contribution in [1.82, 2.24) is 15.0 Å². The van der Waals surface area contributed by atoms with Crippen molar-refractivity contribution in [2.45, 2.75) is 52.1 Å². The first kappa shape index (κ1) is 23.8. The summed E-state index contributed by atoms with van der Waals surface area (Å²) in [6, 6.07) is 2.39. The van der Waals surface area contributed by atoms with Crippen LogP contribution in [0.3, 0.4) is 0 Å². The molecule has 1 fully saturated rings. The molecule has 12 heteroatoms. The van der Waals surface area contributed by atoms with Gasteiger partial charge in [0.1, 0.15) is 17.5 Å². The molecule has 184 valence electrons. The SMILES string of the molecule is Cc1nc(NC2CC(COc3ccc(OC(F)(F)F)nc3)C2)nc2c1NC(=O)[C@H](C(C)C)N2C. The van der Waals surface area contributed by atoms with Gasteiger partial charge in [0.05, 0.1) is 18.5 Å². The van der Waals surface area contributed by atoms with Crippen molar-refractivity contribution in [3.8, 4) is 11.6 Å². The Morgan fingerprint density at radius 3 is 2.62 bits per heavy atom. The lowest BCUT2D eigenvalue weighted by Crippen LogP contribution is -2.50. The molecule has 1 aliphatic carbocycles. The van der Waals surface area contributed by atoms with Gasteiger partial charge in [-0.1, -0.05) is 13.8 Å². The maximum absolute atomic E-state index is 12.5. The summed E-state index contributed by atoms with van der Waals surface area (Å²) in [6.45, 7) is 6.26. The van der Waals surface area contributed by atoms with Gasteiger partial charge in [-0.25, -0.2) is 9.97 Å². The Hall–Kier alpha value is -3.31. The number of rotatable bonds is 7. The predicted molar refractivity (Wildman–Crippen MR) is 119 cm³/mol. The topological polar surface area (TPSA) is 102 Å². The van der Waals surface area contributed by atoms with Crippen LogP contribution in [0.5, 0.6) is 11.6 Å². The molecular weight excluding hydrogens is 453 g/mol. The normalized spacial score (nSPS) is 22.1. The van der Waals surface area contributed by atoms with Gasteiger partial charge in [-0.2, -0.15) is 4.98 Å². The zero-order valence-corrected chi connectivity index (χ0v) is 19.3. The first-order valence-corrected chi connectivity index (χ1v) is 11.0. The second kappa shape index (κ2) is 9.15. The summed E-state index contributed by atoms with van der Waals surface area (Å²) in [5.41, 5.74) is 1.33. The van der Waals surface area contributed by atoms with E-state index in [0.717, 1.165) is 18.9 Å². The zero-order valence-electron chi connectivity index (χ0n) is 19.3. The Labute approximate surface area is 195 Å². The number of ether oxygens (including phenoxy) is 2. The Kier molecular flexibility index (Phi) is 6.41. The summed E-state index contributed by atoms with van der Waals surface area (Å²) in [4.78, 5) is 27.1. The molecule has 0 radical (unpaired) electrons. The fraction of sp³-hybridized carbons (Fsp3) is 0.545. The van der Waals surface area contributed by atoms with Crippen LogP contribution in [0.1, 0.15) is 32.4 Å². The molecule has 1 aliphatic heterocycles. The van der Waals surface area contributed by atoms with Crippen LogP contribution < -0.4 is 25.0 Å². The summed E-state index contributed by atoms with van der Waals surface area (Å²) in [5.74, 6) is 1.41. The Morgan fingerprint density at radius 1 is 1.26 bits per heavy atom. The van der Waals surface area contributed by atoms with Gasteiger partial charge in [0.2, 0.25) is 17.7 Å². The van der Waals surface area contributed by atoms with E-state index in [4.69, 9.17) is 4.74 Å². The minimum absolute atomic E-state index is 0.0584. The molecule has 4 rings (SSSR count). The first-order valence-electron chi connectivity index (χ1n) is 11.0. The molecule has 2 aromatic rings. The molecule has 0 saturated heterocycles. The minimum Gasteiger partial charge on any atom is -0.492 e. The highest BCUT2D eigenvalue weighted by Crippen LogP contribution is 2.36. The number of anilines is 3. The van der Waals surface area contributed by atoms with Crippen molar-refractivity contribution in [2.24, 2.45) is 11.8 Å². The maximum Gasteiger partial charge on any atom is 0.574 e. The van der Waals surface area contributed by atoms with Crippen molar-refractivity contribution < 1.29 is 27.4 Å². The van der Waals surface area contributed by atoms with E-state index >= 15 is 0 Å². The molecule has 2 N–H and O–H groups in total. The van der Waals surface area contributed by atoms with Crippen LogP contribution in [0, 0.1) is 18.8 Å². The summed E-state index contributed by atoms with van der Waals surface area (Å²) in [5, 5.41) is 6.28. The summed E-state index contributed by atoms with van der Waals surface area (Å²) in [6.07, 6.45) is -1.89. The van der Waals surface area contributed by atoms with E-state index in [1.165, 1.54) is 12.3 Å². The fourth-order valence-corrected chi connectivity index (χ4v) is 4.30. The zero-order chi connectivity index (χ0) is 24.6. The summed E-state index contributed by atoms with van der Waals surface area (Å²) in [7, 11) is 1.87. The molecule has 2 aromatic heterocycles. The lowest BCUT2D eigenvalue weighted by molar-refractivity contribution is -0.276. The highest BCUT2D eigenvalue weighted by atomic mass is 19.4. The van der Waals surface area contributed by atoms with E-state index in [2.05, 4.69) is 30.3 Å². The van der Waals surface area contributed by atoms with Crippen LogP contribution in [-0.2, 0) is 4.79 Å². The van der Waals surface area contributed by atoms with E-state index in [1.54, 1.807) is 0 Å². The van der Waals surface area contributed by atoms with Gasteiger partial charge in [-0.15, -0.1) is 13.2 Å². The molecule has 0 bridgehead atoms. The fourth-order valence-electron chi connectivity index (χ4n) is 4.30. The van der Waals surface area contributed by atoms with Crippen LogP contribution in [0.4, 0.5) is 30.6 Å².